The van der Waals surface area contributed by atoms with Gasteiger partial charge in [-0.1, -0.05) is 0 Å². The molecule has 1 N–H and O–H groups in total. The normalized spacial score (nSPS) is 11.1. The SMILES string of the molecule is Cc1cc2nc(C)c(CCC(=O)Nc3ccc(-n4ccnc4)nc3)c(C)n2n1. The van der Waals surface area contributed by atoms with Gasteiger partial charge in [0, 0.05) is 36.3 Å². The van der Waals surface area contributed by atoms with E-state index in [9.17, 15) is 4.79 Å². The number of rotatable bonds is 5. The fourth-order valence-corrected chi connectivity index (χ4v) is 3.27. The van der Waals surface area contributed by atoms with Gasteiger partial charge in [-0.15, -0.1) is 0 Å². The molecule has 0 radical (unpaired) electrons. The molecular formula is C20H21N7O. The Morgan fingerprint density at radius 1 is 1.21 bits per heavy atom. The Labute approximate surface area is 162 Å². The Balaban J connectivity index is 1.43. The number of anilines is 1. The fraction of sp³-hybridized carbons (Fsp3) is 0.250. The van der Waals surface area contributed by atoms with Crippen LogP contribution in [0.5, 0.6) is 0 Å². The van der Waals surface area contributed by atoms with Crippen LogP contribution in [0.1, 0.15) is 29.1 Å². The number of hydrogen-bond donors (Lipinski definition) is 1. The largest absolute Gasteiger partial charge is 0.325 e. The van der Waals surface area contributed by atoms with E-state index < -0.39 is 0 Å². The summed E-state index contributed by atoms with van der Waals surface area (Å²) in [5.74, 6) is 0.684. The van der Waals surface area contributed by atoms with Crippen LogP contribution in [0.2, 0.25) is 0 Å². The van der Waals surface area contributed by atoms with Gasteiger partial charge in [0.05, 0.1) is 17.6 Å². The maximum absolute atomic E-state index is 12.4. The summed E-state index contributed by atoms with van der Waals surface area (Å²) >= 11 is 0. The quantitative estimate of drug-likeness (QED) is 0.579. The van der Waals surface area contributed by atoms with Crippen LogP contribution in [0.25, 0.3) is 11.5 Å². The molecule has 0 atom stereocenters. The summed E-state index contributed by atoms with van der Waals surface area (Å²) in [7, 11) is 0. The lowest BCUT2D eigenvalue weighted by atomic mass is 10.1. The minimum Gasteiger partial charge on any atom is -0.325 e. The molecule has 0 saturated carbocycles. The summed E-state index contributed by atoms with van der Waals surface area (Å²) in [5.41, 5.74) is 5.44. The molecule has 0 aliphatic rings. The highest BCUT2D eigenvalue weighted by atomic mass is 16.1. The lowest BCUT2D eigenvalue weighted by molar-refractivity contribution is -0.116. The lowest BCUT2D eigenvalue weighted by Crippen LogP contribution is -2.14. The second-order valence-electron chi connectivity index (χ2n) is 6.74. The van der Waals surface area contributed by atoms with Gasteiger partial charge in [-0.25, -0.2) is 19.5 Å². The third-order valence-electron chi connectivity index (χ3n) is 4.69. The minimum atomic E-state index is -0.0623. The van der Waals surface area contributed by atoms with Crippen molar-refractivity contribution in [2.75, 3.05) is 5.32 Å². The van der Waals surface area contributed by atoms with Crippen molar-refractivity contribution in [2.24, 2.45) is 0 Å². The van der Waals surface area contributed by atoms with E-state index in [0.717, 1.165) is 34.1 Å². The Morgan fingerprint density at radius 2 is 2.07 bits per heavy atom. The summed E-state index contributed by atoms with van der Waals surface area (Å²) in [6, 6.07) is 5.62. The standard InChI is InChI=1S/C20H21N7O/c1-13-10-19-23-14(2)17(15(3)27(19)25-13)5-7-20(28)24-16-4-6-18(22-11-16)26-9-8-21-12-26/h4,6,8-12H,5,7H2,1-3H3,(H,24,28). The first kappa shape index (κ1) is 17.8. The number of fused-ring (bicyclic) bond motifs is 1. The number of imidazole rings is 1. The Bertz CT molecular complexity index is 1130. The molecule has 0 bridgehead atoms. The molecule has 0 aromatic carbocycles. The van der Waals surface area contributed by atoms with Gasteiger partial charge in [0.15, 0.2) is 5.65 Å². The Kier molecular flexibility index (Phi) is 4.60. The number of hydrogen-bond acceptors (Lipinski definition) is 5. The molecule has 4 rings (SSSR count). The molecule has 4 heterocycles. The molecule has 0 unspecified atom stereocenters. The van der Waals surface area contributed by atoms with E-state index in [1.165, 1.54) is 0 Å². The molecule has 28 heavy (non-hydrogen) atoms. The second-order valence-corrected chi connectivity index (χ2v) is 6.74. The summed E-state index contributed by atoms with van der Waals surface area (Å²) in [4.78, 5) is 25.3. The molecule has 4 aromatic heterocycles. The van der Waals surface area contributed by atoms with E-state index in [1.807, 2.05) is 49.7 Å². The van der Waals surface area contributed by atoms with E-state index in [1.54, 1.807) is 23.3 Å². The van der Waals surface area contributed by atoms with Gasteiger partial charge in [0.1, 0.15) is 12.1 Å². The number of carbonyl (C=O) groups excluding carboxylic acids is 1. The first-order valence-electron chi connectivity index (χ1n) is 9.08. The van der Waals surface area contributed by atoms with E-state index in [0.29, 0.717) is 18.5 Å². The zero-order valence-corrected chi connectivity index (χ0v) is 16.0. The van der Waals surface area contributed by atoms with Gasteiger partial charge in [-0.3, -0.25) is 9.36 Å². The number of carbonyl (C=O) groups is 1. The fourth-order valence-electron chi connectivity index (χ4n) is 3.27. The zero-order chi connectivity index (χ0) is 19.7. The first-order chi connectivity index (χ1) is 13.5. The molecule has 4 aromatic rings. The molecule has 8 nitrogen and oxygen atoms in total. The molecule has 0 aliphatic heterocycles. The van der Waals surface area contributed by atoms with Gasteiger partial charge >= 0.3 is 0 Å². The van der Waals surface area contributed by atoms with Crippen molar-refractivity contribution >= 4 is 17.2 Å². The summed E-state index contributed by atoms with van der Waals surface area (Å²) < 4.78 is 3.64. The average molecular weight is 375 g/mol. The van der Waals surface area contributed by atoms with Crippen molar-refractivity contribution in [1.82, 2.24) is 29.1 Å². The molecule has 0 aliphatic carbocycles. The summed E-state index contributed by atoms with van der Waals surface area (Å²) in [5, 5.41) is 7.37. The first-order valence-corrected chi connectivity index (χ1v) is 9.08. The van der Waals surface area contributed by atoms with Crippen molar-refractivity contribution in [3.05, 3.63) is 65.8 Å². The van der Waals surface area contributed by atoms with E-state index >= 15 is 0 Å². The highest BCUT2D eigenvalue weighted by Crippen LogP contribution is 2.17. The second kappa shape index (κ2) is 7.22. The number of amides is 1. The Hall–Kier alpha value is -3.55. The Morgan fingerprint density at radius 3 is 2.79 bits per heavy atom. The van der Waals surface area contributed by atoms with Crippen LogP contribution in [0, 0.1) is 20.8 Å². The maximum atomic E-state index is 12.4. The van der Waals surface area contributed by atoms with Gasteiger partial charge < -0.3 is 5.32 Å². The van der Waals surface area contributed by atoms with Gasteiger partial charge in [0.25, 0.3) is 0 Å². The van der Waals surface area contributed by atoms with Crippen LogP contribution in [0.3, 0.4) is 0 Å². The zero-order valence-electron chi connectivity index (χ0n) is 16.0. The minimum absolute atomic E-state index is 0.0623. The van der Waals surface area contributed by atoms with Crippen molar-refractivity contribution in [3.8, 4) is 5.82 Å². The molecule has 0 saturated heterocycles. The number of pyridine rings is 1. The predicted octanol–water partition coefficient (Wildman–Crippen LogP) is 2.81. The van der Waals surface area contributed by atoms with Gasteiger partial charge in [-0.05, 0) is 44.9 Å². The predicted molar refractivity (Wildman–Crippen MR) is 106 cm³/mol. The monoisotopic (exact) mass is 375 g/mol. The maximum Gasteiger partial charge on any atom is 0.224 e. The van der Waals surface area contributed by atoms with Crippen molar-refractivity contribution in [1.29, 1.82) is 0 Å². The van der Waals surface area contributed by atoms with Crippen LogP contribution < -0.4 is 5.32 Å². The average Bonchev–Trinajstić information content (AvgIpc) is 3.32. The molecular weight excluding hydrogens is 354 g/mol. The number of nitrogens with zero attached hydrogens (tertiary/aromatic N) is 6. The van der Waals surface area contributed by atoms with Crippen LogP contribution in [0.15, 0.2) is 43.1 Å². The number of nitrogens with one attached hydrogen (secondary N) is 1. The highest BCUT2D eigenvalue weighted by molar-refractivity contribution is 5.90. The lowest BCUT2D eigenvalue weighted by Gasteiger charge is -2.11. The summed E-state index contributed by atoms with van der Waals surface area (Å²) in [6.07, 6.45) is 7.79. The van der Waals surface area contributed by atoms with E-state index in [-0.39, 0.29) is 5.91 Å². The van der Waals surface area contributed by atoms with Gasteiger partial charge in [-0.2, -0.15) is 5.10 Å². The molecule has 1 amide bonds. The van der Waals surface area contributed by atoms with Crippen LogP contribution >= 0.6 is 0 Å². The number of aryl methyl sites for hydroxylation is 3. The molecule has 142 valence electrons. The van der Waals surface area contributed by atoms with Crippen molar-refractivity contribution in [2.45, 2.75) is 33.6 Å². The smallest absolute Gasteiger partial charge is 0.224 e. The molecule has 0 spiro atoms. The molecule has 0 fully saturated rings. The number of aromatic nitrogens is 6. The van der Waals surface area contributed by atoms with E-state index in [4.69, 9.17) is 0 Å². The van der Waals surface area contributed by atoms with Crippen molar-refractivity contribution < 1.29 is 4.79 Å². The van der Waals surface area contributed by atoms with Gasteiger partial charge in [0.2, 0.25) is 5.91 Å². The van der Waals surface area contributed by atoms with Crippen LogP contribution in [-0.2, 0) is 11.2 Å². The van der Waals surface area contributed by atoms with Crippen molar-refractivity contribution in [3.63, 3.8) is 0 Å². The van der Waals surface area contributed by atoms with Crippen LogP contribution in [-0.4, -0.2) is 35.0 Å². The van der Waals surface area contributed by atoms with Crippen LogP contribution in [0.4, 0.5) is 5.69 Å². The third kappa shape index (κ3) is 3.48. The topological polar surface area (TPSA) is 90.0 Å². The third-order valence-corrected chi connectivity index (χ3v) is 4.69. The molecule has 8 heteroatoms. The van der Waals surface area contributed by atoms with E-state index in [2.05, 4.69) is 25.4 Å². The summed E-state index contributed by atoms with van der Waals surface area (Å²) in [6.45, 7) is 5.93. The highest BCUT2D eigenvalue weighted by Gasteiger charge is 2.13.